The van der Waals surface area contributed by atoms with Crippen LogP contribution < -0.4 is 10.7 Å². The summed E-state index contributed by atoms with van der Waals surface area (Å²) in [5.41, 5.74) is 9.70. The highest BCUT2D eigenvalue weighted by molar-refractivity contribution is 7.10. The van der Waals surface area contributed by atoms with Gasteiger partial charge in [-0.15, -0.1) is 11.3 Å². The lowest BCUT2D eigenvalue weighted by Gasteiger charge is -2.37. The van der Waals surface area contributed by atoms with Crippen molar-refractivity contribution in [1.29, 1.82) is 0 Å². The van der Waals surface area contributed by atoms with E-state index < -0.39 is 48.5 Å². The molecule has 1 unspecified atom stereocenters. The minimum atomic E-state index is -2.85. The van der Waals surface area contributed by atoms with Gasteiger partial charge < -0.3 is 33.7 Å². The topological polar surface area (TPSA) is 149 Å². The molecule has 2 amide bonds. The summed E-state index contributed by atoms with van der Waals surface area (Å²) in [4.78, 5) is 55.0. The molecular weight excluding hydrogens is 881 g/mol. The number of carbonyl (C=O) groups excluding carboxylic acids is 3. The fourth-order valence-electron chi connectivity index (χ4n) is 10.1. The number of benzene rings is 1. The second kappa shape index (κ2) is 20.3. The summed E-state index contributed by atoms with van der Waals surface area (Å²) in [6.45, 7) is 16.4. The van der Waals surface area contributed by atoms with Crippen LogP contribution in [0.1, 0.15) is 108 Å². The number of nitrogens with one attached hydrogen (secondary N) is 2. The van der Waals surface area contributed by atoms with Crippen molar-refractivity contribution >= 4 is 40.0 Å². The second-order valence-corrected chi connectivity index (χ2v) is 21.1. The van der Waals surface area contributed by atoms with Gasteiger partial charge in [0, 0.05) is 71.7 Å². The van der Waals surface area contributed by atoms with Crippen molar-refractivity contribution in [1.82, 2.24) is 35.2 Å². The van der Waals surface area contributed by atoms with E-state index in [-0.39, 0.29) is 54.0 Å². The number of hydrogen-bond acceptors (Lipinski definition) is 12. The summed E-state index contributed by atoms with van der Waals surface area (Å²) >= 11 is 1.18. The number of hydrazine groups is 1. The molecule has 6 heterocycles. The molecule has 4 aromatic rings. The molecule has 3 fully saturated rings. The molecule has 0 radical (unpaired) electrons. The number of hydrogen-bond donors (Lipinski definition) is 2. The number of likely N-dealkylation sites (tertiary alicyclic amines) is 1. The van der Waals surface area contributed by atoms with Crippen molar-refractivity contribution in [2.75, 3.05) is 53.6 Å². The summed E-state index contributed by atoms with van der Waals surface area (Å²) in [6.07, 6.45) is -0.167. The van der Waals surface area contributed by atoms with Crippen molar-refractivity contribution in [3.63, 3.8) is 0 Å². The largest absolute Gasteiger partial charge is 0.464 e. The van der Waals surface area contributed by atoms with Crippen LogP contribution in [-0.2, 0) is 46.3 Å². The lowest BCUT2D eigenvalue weighted by molar-refractivity contribution is -0.157. The van der Waals surface area contributed by atoms with Crippen LogP contribution in [0.25, 0.3) is 33.4 Å². The van der Waals surface area contributed by atoms with E-state index in [0.29, 0.717) is 44.0 Å². The zero-order chi connectivity index (χ0) is 47.9. The summed E-state index contributed by atoms with van der Waals surface area (Å²) in [5, 5.41) is 7.24. The fourth-order valence-corrected chi connectivity index (χ4v) is 11.0. The molecule has 8 rings (SSSR count). The van der Waals surface area contributed by atoms with Gasteiger partial charge in [0.2, 0.25) is 5.91 Å². The highest BCUT2D eigenvalue weighted by atomic mass is 32.1. The Labute approximate surface area is 396 Å². The van der Waals surface area contributed by atoms with Crippen molar-refractivity contribution in [3.8, 4) is 22.5 Å². The van der Waals surface area contributed by atoms with Crippen LogP contribution >= 0.6 is 11.3 Å². The van der Waals surface area contributed by atoms with Gasteiger partial charge in [0.25, 0.3) is 12.3 Å². The minimum absolute atomic E-state index is 0.0107. The normalized spacial score (nSPS) is 26.3. The van der Waals surface area contributed by atoms with Crippen LogP contribution in [0, 0.1) is 23.2 Å². The number of rotatable bonds is 13. The van der Waals surface area contributed by atoms with E-state index >= 15 is 0 Å². The van der Waals surface area contributed by atoms with Crippen LogP contribution in [0.2, 0.25) is 0 Å². The van der Waals surface area contributed by atoms with E-state index in [0.717, 1.165) is 64.1 Å². The maximum Gasteiger partial charge on any atom is 0.324 e. The predicted octanol–water partition coefficient (Wildman–Crippen LogP) is 7.71. The first-order chi connectivity index (χ1) is 31.9. The molecular formula is C50H67F2N7O7S. The zero-order valence-electron chi connectivity index (χ0n) is 40.3. The van der Waals surface area contributed by atoms with Gasteiger partial charge in [-0.05, 0) is 107 Å². The minimum Gasteiger partial charge on any atom is -0.464 e. The maximum absolute atomic E-state index is 14.7. The third-order valence-corrected chi connectivity index (χ3v) is 15.1. The maximum atomic E-state index is 14.7. The number of thiazole rings is 1. The van der Waals surface area contributed by atoms with Gasteiger partial charge in [-0.3, -0.25) is 24.4 Å². The van der Waals surface area contributed by atoms with E-state index in [1.807, 2.05) is 52.3 Å². The van der Waals surface area contributed by atoms with Gasteiger partial charge in [-0.2, -0.15) is 0 Å². The Morgan fingerprint density at radius 2 is 1.88 bits per heavy atom. The Morgan fingerprint density at radius 3 is 2.57 bits per heavy atom. The van der Waals surface area contributed by atoms with Gasteiger partial charge in [-0.1, -0.05) is 33.8 Å². The number of nitrogens with zero attached hydrogens (tertiary/aromatic N) is 5. The molecule has 3 aromatic heterocycles. The number of carbonyl (C=O) groups is 3. The molecule has 17 heteroatoms. The monoisotopic (exact) mass is 947 g/mol. The predicted molar refractivity (Wildman–Crippen MR) is 252 cm³/mol. The second-order valence-electron chi connectivity index (χ2n) is 20.2. The highest BCUT2D eigenvalue weighted by Crippen LogP contribution is 2.46. The number of fused-ring (bicyclic) bond motifs is 6. The van der Waals surface area contributed by atoms with Gasteiger partial charge in [0.05, 0.1) is 42.5 Å². The lowest BCUT2D eigenvalue weighted by Crippen LogP contribution is -2.61. The van der Waals surface area contributed by atoms with Crippen LogP contribution in [-0.4, -0.2) is 120 Å². The van der Waals surface area contributed by atoms with Crippen molar-refractivity contribution < 1.29 is 42.1 Å². The van der Waals surface area contributed by atoms with E-state index in [1.54, 1.807) is 7.11 Å². The number of ether oxygens (including phenoxy) is 4. The fraction of sp³-hybridized carbons (Fsp3) is 0.620. The molecule has 8 atom stereocenters. The van der Waals surface area contributed by atoms with Gasteiger partial charge in [0.15, 0.2) is 0 Å². The number of esters is 1. The third-order valence-electron chi connectivity index (χ3n) is 14.2. The number of methoxy groups -OCH3 is 1. The van der Waals surface area contributed by atoms with Crippen molar-refractivity contribution in [2.24, 2.45) is 23.2 Å². The smallest absolute Gasteiger partial charge is 0.324 e. The number of alkyl halides is 2. The molecule has 1 aromatic carbocycles. The first kappa shape index (κ1) is 49.0. The lowest BCUT2D eigenvalue weighted by atomic mass is 9.83. The van der Waals surface area contributed by atoms with Gasteiger partial charge in [0.1, 0.15) is 29.8 Å². The van der Waals surface area contributed by atoms with E-state index in [4.69, 9.17) is 28.9 Å². The van der Waals surface area contributed by atoms with Crippen LogP contribution in [0.4, 0.5) is 8.78 Å². The number of aromatic nitrogens is 3. The quantitative estimate of drug-likeness (QED) is 0.127. The average Bonchev–Trinajstić information content (AvgIpc) is 3.73. The summed E-state index contributed by atoms with van der Waals surface area (Å²) in [5.74, 6) is -1.38. The third kappa shape index (κ3) is 10.6. The number of halogens is 2. The van der Waals surface area contributed by atoms with E-state index in [1.165, 1.54) is 16.3 Å². The molecule has 0 spiro atoms. The Balaban J connectivity index is 1.33. The summed E-state index contributed by atoms with van der Waals surface area (Å²) in [6, 6.07) is 6.17. The molecule has 14 nitrogen and oxygen atoms in total. The Bertz CT molecular complexity index is 2430. The molecule has 1 aliphatic carbocycles. The molecule has 364 valence electrons. The van der Waals surface area contributed by atoms with Crippen LogP contribution in [0.5, 0.6) is 0 Å². The number of cyclic esters (lactones) is 1. The Hall–Kier alpha value is -4.39. The summed E-state index contributed by atoms with van der Waals surface area (Å²) in [7, 11) is 3.84. The number of likely N-dealkylation sites (N-methyl/N-ethyl adjacent to an activating group) is 1. The number of amides is 2. The van der Waals surface area contributed by atoms with Gasteiger partial charge in [-0.25, -0.2) is 19.2 Å². The SMILES string of the molecule is CO[C@@H](C)c1ncc([C@@H]2CCN(C)C2)cc1-c1c2c3cc(ccc3n1CCOC(C)C)-c1csc(n1)[C@@H](OCC(F)F)[C@H](NC(=O)C1[C@@H](C)[C@H]1C)C(=O)N1CCC[C@H](N1)C(=O)OCC(C)(C)C2. The van der Waals surface area contributed by atoms with Crippen molar-refractivity contribution in [2.45, 2.75) is 123 Å². The molecule has 2 N–H and O–H groups in total. The standard InChI is InChI=1S/C50H67F2N7O7S/c1-27(2)64-18-17-58-39-13-12-31-19-34(39)36(44(58)35-20-33(32-14-16-57(8)23-32)22-53-42(35)30(5)63-9)21-50(6,7)26-66-49(62)37-11-10-15-59(56-37)48(61)43(55-46(60)41-28(3)29(41)4)45(65-24-40(51)52)47-54-38(31)25-67-47/h12-13,19-20,22,25,27-30,32,37,40-41,43,45,56H,10-11,14-18,21,23-24,26H2,1-9H3,(H,55,60)/t28-,29+,30-,32+,37-,41?,43-,45-/m0/s1. The molecule has 4 aliphatic rings. The Morgan fingerprint density at radius 1 is 1.10 bits per heavy atom. The molecule has 1 saturated carbocycles. The first-order valence-electron chi connectivity index (χ1n) is 23.8. The molecule has 2 saturated heterocycles. The number of pyridine rings is 1. The molecule has 6 bridgehead atoms. The summed E-state index contributed by atoms with van der Waals surface area (Å²) < 4.78 is 54.7. The zero-order valence-corrected chi connectivity index (χ0v) is 41.1. The average molecular weight is 948 g/mol. The molecule has 3 aliphatic heterocycles. The molecule has 67 heavy (non-hydrogen) atoms. The highest BCUT2D eigenvalue weighted by Gasteiger charge is 2.50. The van der Waals surface area contributed by atoms with Crippen molar-refractivity contribution in [3.05, 3.63) is 57.7 Å². The Kier molecular flexibility index (Phi) is 14.9. The van der Waals surface area contributed by atoms with Crippen LogP contribution in [0.3, 0.4) is 0 Å². The van der Waals surface area contributed by atoms with E-state index in [2.05, 4.69) is 59.3 Å². The first-order valence-corrected chi connectivity index (χ1v) is 24.7. The van der Waals surface area contributed by atoms with Crippen LogP contribution in [0.15, 0.2) is 35.8 Å². The van der Waals surface area contributed by atoms with Gasteiger partial charge >= 0.3 is 5.97 Å². The van der Waals surface area contributed by atoms with E-state index in [9.17, 15) is 23.2 Å².